The first-order chi connectivity index (χ1) is 7.72. The van der Waals surface area contributed by atoms with Gasteiger partial charge in [0.05, 0.1) is 0 Å². The van der Waals surface area contributed by atoms with Crippen LogP contribution in [0, 0.1) is 0 Å². The van der Waals surface area contributed by atoms with E-state index in [1.807, 2.05) is 7.05 Å². The summed E-state index contributed by atoms with van der Waals surface area (Å²) in [6.45, 7) is 4.44. The van der Waals surface area contributed by atoms with Crippen molar-refractivity contribution in [1.82, 2.24) is 5.32 Å². The maximum Gasteiger partial charge on any atom is 0.0425 e. The summed E-state index contributed by atoms with van der Waals surface area (Å²) in [5, 5.41) is 3.24. The molecule has 16 heavy (non-hydrogen) atoms. The van der Waals surface area contributed by atoms with Gasteiger partial charge in [0, 0.05) is 29.3 Å². The molecule has 1 aromatic carbocycles. The highest BCUT2D eigenvalue weighted by molar-refractivity contribution is 9.10. The summed E-state index contributed by atoms with van der Waals surface area (Å²) in [5.41, 5.74) is 2.77. The number of hydrogen-bond donors (Lipinski definition) is 1. The summed E-state index contributed by atoms with van der Waals surface area (Å²) >= 11 is 3.57. The van der Waals surface area contributed by atoms with Crippen LogP contribution in [0.5, 0.6) is 0 Å². The first-order valence-electron chi connectivity index (χ1n) is 5.92. The largest absolute Gasteiger partial charge is 0.369 e. The summed E-state index contributed by atoms with van der Waals surface area (Å²) in [5.74, 6) is 0. The number of nitrogens with one attached hydrogen (secondary N) is 1. The lowest BCUT2D eigenvalue weighted by molar-refractivity contribution is 0.725. The normalized spacial score (nSPS) is 20.4. The monoisotopic (exact) mass is 282 g/mol. The zero-order valence-electron chi connectivity index (χ0n) is 9.96. The van der Waals surface area contributed by atoms with Crippen LogP contribution in [-0.4, -0.2) is 19.6 Å². The molecular weight excluding hydrogens is 264 g/mol. The van der Waals surface area contributed by atoms with Crippen LogP contribution in [0.2, 0.25) is 0 Å². The molecule has 1 atom stereocenters. The molecule has 1 N–H and O–H groups in total. The van der Waals surface area contributed by atoms with Gasteiger partial charge in [-0.25, -0.2) is 0 Å². The molecule has 0 aromatic heterocycles. The minimum atomic E-state index is 0.671. The lowest BCUT2D eigenvalue weighted by atomic mass is 10.1. The van der Waals surface area contributed by atoms with E-state index < -0.39 is 0 Å². The molecule has 1 aliphatic rings. The Kier molecular flexibility index (Phi) is 3.87. The van der Waals surface area contributed by atoms with E-state index in [9.17, 15) is 0 Å². The van der Waals surface area contributed by atoms with Gasteiger partial charge in [0.2, 0.25) is 0 Å². The Balaban J connectivity index is 2.32. The van der Waals surface area contributed by atoms with Crippen LogP contribution in [0.1, 0.15) is 25.3 Å². The molecule has 3 heteroatoms. The maximum atomic E-state index is 3.57. The SMILES string of the molecule is CNCc1ccc(Br)cc1N1CCCC1C. The van der Waals surface area contributed by atoms with E-state index in [0.717, 1.165) is 6.54 Å². The van der Waals surface area contributed by atoms with Crippen LogP contribution in [0.25, 0.3) is 0 Å². The van der Waals surface area contributed by atoms with Crippen LogP contribution in [0.3, 0.4) is 0 Å². The number of benzene rings is 1. The van der Waals surface area contributed by atoms with Gasteiger partial charge >= 0.3 is 0 Å². The third-order valence-corrected chi connectivity index (χ3v) is 3.77. The van der Waals surface area contributed by atoms with Crippen LogP contribution < -0.4 is 10.2 Å². The second-order valence-corrected chi connectivity index (χ2v) is 5.40. The van der Waals surface area contributed by atoms with E-state index in [-0.39, 0.29) is 0 Å². The summed E-state index contributed by atoms with van der Waals surface area (Å²) in [6, 6.07) is 7.25. The van der Waals surface area contributed by atoms with Gasteiger partial charge in [-0.2, -0.15) is 0 Å². The van der Waals surface area contributed by atoms with E-state index in [4.69, 9.17) is 0 Å². The third kappa shape index (κ3) is 2.41. The van der Waals surface area contributed by atoms with Crippen molar-refractivity contribution in [3.05, 3.63) is 28.2 Å². The van der Waals surface area contributed by atoms with E-state index in [1.54, 1.807) is 0 Å². The maximum absolute atomic E-state index is 3.57. The molecule has 0 radical (unpaired) electrons. The standard InChI is InChI=1S/C13H19BrN2/c1-10-4-3-7-16(10)13-8-12(14)6-5-11(13)9-15-2/h5-6,8,10,15H,3-4,7,9H2,1-2H3. The molecule has 1 aliphatic heterocycles. The molecule has 1 heterocycles. The lowest BCUT2D eigenvalue weighted by Gasteiger charge is -2.26. The predicted molar refractivity (Wildman–Crippen MR) is 72.9 cm³/mol. The van der Waals surface area contributed by atoms with Gasteiger partial charge in [0.1, 0.15) is 0 Å². The van der Waals surface area contributed by atoms with E-state index >= 15 is 0 Å². The molecule has 1 unspecified atom stereocenters. The quantitative estimate of drug-likeness (QED) is 0.916. The lowest BCUT2D eigenvalue weighted by Crippen LogP contribution is -2.28. The molecule has 2 rings (SSSR count). The molecule has 2 nitrogen and oxygen atoms in total. The fraction of sp³-hybridized carbons (Fsp3) is 0.538. The zero-order chi connectivity index (χ0) is 11.5. The van der Waals surface area contributed by atoms with Gasteiger partial charge < -0.3 is 10.2 Å². The molecule has 0 saturated carbocycles. The van der Waals surface area contributed by atoms with Crippen LogP contribution in [0.4, 0.5) is 5.69 Å². The molecule has 0 spiro atoms. The van der Waals surface area contributed by atoms with Crippen molar-refractivity contribution in [2.45, 2.75) is 32.4 Å². The summed E-state index contributed by atoms with van der Waals surface area (Å²) in [6.07, 6.45) is 2.62. The second-order valence-electron chi connectivity index (χ2n) is 4.49. The number of nitrogens with zero attached hydrogens (tertiary/aromatic N) is 1. The molecule has 1 aromatic rings. The average molecular weight is 283 g/mol. The van der Waals surface area contributed by atoms with Crippen molar-refractivity contribution in [2.24, 2.45) is 0 Å². The number of hydrogen-bond acceptors (Lipinski definition) is 2. The van der Waals surface area contributed by atoms with Crippen molar-refractivity contribution in [3.63, 3.8) is 0 Å². The van der Waals surface area contributed by atoms with Crippen molar-refractivity contribution >= 4 is 21.6 Å². The first-order valence-corrected chi connectivity index (χ1v) is 6.71. The molecule has 1 saturated heterocycles. The second kappa shape index (κ2) is 5.19. The Labute approximate surface area is 106 Å². The number of anilines is 1. The zero-order valence-corrected chi connectivity index (χ0v) is 11.5. The third-order valence-electron chi connectivity index (χ3n) is 3.28. The van der Waals surface area contributed by atoms with Crippen LogP contribution in [0.15, 0.2) is 22.7 Å². The van der Waals surface area contributed by atoms with Gasteiger partial charge in [0.25, 0.3) is 0 Å². The van der Waals surface area contributed by atoms with E-state index in [2.05, 4.69) is 51.3 Å². The van der Waals surface area contributed by atoms with E-state index in [1.165, 1.54) is 35.1 Å². The van der Waals surface area contributed by atoms with Crippen LogP contribution >= 0.6 is 15.9 Å². The molecule has 0 bridgehead atoms. The Morgan fingerprint density at radius 1 is 1.50 bits per heavy atom. The van der Waals surface area contributed by atoms with Crippen molar-refractivity contribution in [1.29, 1.82) is 0 Å². The average Bonchev–Trinajstić information content (AvgIpc) is 2.67. The minimum Gasteiger partial charge on any atom is -0.369 e. The minimum absolute atomic E-state index is 0.671. The van der Waals surface area contributed by atoms with Crippen molar-refractivity contribution < 1.29 is 0 Å². The molecular formula is C13H19BrN2. The topological polar surface area (TPSA) is 15.3 Å². The van der Waals surface area contributed by atoms with Gasteiger partial charge in [-0.3, -0.25) is 0 Å². The molecule has 0 aliphatic carbocycles. The highest BCUT2D eigenvalue weighted by Gasteiger charge is 2.22. The Bertz CT molecular complexity index is 365. The summed E-state index contributed by atoms with van der Waals surface area (Å²) < 4.78 is 1.17. The summed E-state index contributed by atoms with van der Waals surface area (Å²) in [4.78, 5) is 2.53. The highest BCUT2D eigenvalue weighted by atomic mass is 79.9. The molecule has 0 amide bonds. The van der Waals surface area contributed by atoms with E-state index in [0.29, 0.717) is 6.04 Å². The van der Waals surface area contributed by atoms with Gasteiger partial charge in [-0.1, -0.05) is 22.0 Å². The fourth-order valence-electron chi connectivity index (χ4n) is 2.44. The number of halogens is 1. The smallest absolute Gasteiger partial charge is 0.0425 e. The number of rotatable bonds is 3. The van der Waals surface area contributed by atoms with Gasteiger partial charge in [-0.15, -0.1) is 0 Å². The van der Waals surface area contributed by atoms with Crippen LogP contribution in [-0.2, 0) is 6.54 Å². The highest BCUT2D eigenvalue weighted by Crippen LogP contribution is 2.31. The Hall–Kier alpha value is -0.540. The first kappa shape index (κ1) is 11.9. The molecule has 1 fully saturated rings. The van der Waals surface area contributed by atoms with Gasteiger partial charge in [0.15, 0.2) is 0 Å². The molecule has 88 valence electrons. The summed E-state index contributed by atoms with van der Waals surface area (Å²) in [7, 11) is 2.00. The van der Waals surface area contributed by atoms with Gasteiger partial charge in [-0.05, 0) is 44.5 Å². The Morgan fingerprint density at radius 3 is 2.94 bits per heavy atom. The predicted octanol–water partition coefficient (Wildman–Crippen LogP) is 3.16. The van der Waals surface area contributed by atoms with Crippen molar-refractivity contribution in [3.8, 4) is 0 Å². The van der Waals surface area contributed by atoms with Crippen molar-refractivity contribution in [2.75, 3.05) is 18.5 Å². The fourth-order valence-corrected chi connectivity index (χ4v) is 2.78. The Morgan fingerprint density at radius 2 is 2.31 bits per heavy atom.